The van der Waals surface area contributed by atoms with Crippen LogP contribution in [0.1, 0.15) is 15.2 Å². The average molecular weight is 414 g/mol. The molecule has 0 saturated heterocycles. The summed E-state index contributed by atoms with van der Waals surface area (Å²) in [6, 6.07) is 7.31. The highest BCUT2D eigenvalue weighted by molar-refractivity contribution is 7.09. The van der Waals surface area contributed by atoms with Gasteiger partial charge in [0.05, 0.1) is 24.7 Å². The van der Waals surface area contributed by atoms with Gasteiger partial charge in [-0.3, -0.25) is 4.79 Å². The molecular weight excluding hydrogens is 398 g/mol. The summed E-state index contributed by atoms with van der Waals surface area (Å²) in [6.07, 6.45) is 3.08. The van der Waals surface area contributed by atoms with Crippen LogP contribution in [0.5, 0.6) is 0 Å². The molecule has 0 aliphatic heterocycles. The van der Waals surface area contributed by atoms with Gasteiger partial charge in [0.1, 0.15) is 29.3 Å². The lowest BCUT2D eigenvalue weighted by molar-refractivity contribution is 0.0943. The number of hydrogen-bond acceptors (Lipinski definition) is 6. The van der Waals surface area contributed by atoms with E-state index < -0.39 is 23.1 Å². The maximum atomic E-state index is 13.7. The van der Waals surface area contributed by atoms with E-state index in [0.29, 0.717) is 18.0 Å². The Morgan fingerprint density at radius 2 is 1.97 bits per heavy atom. The summed E-state index contributed by atoms with van der Waals surface area (Å²) in [5, 5.41) is 12.8. The number of thiophene rings is 1. The molecule has 0 fully saturated rings. The van der Waals surface area contributed by atoms with Crippen LogP contribution in [-0.4, -0.2) is 32.2 Å². The molecule has 0 bridgehead atoms. The van der Waals surface area contributed by atoms with Crippen molar-refractivity contribution >= 4 is 34.1 Å². The number of amides is 1. The van der Waals surface area contributed by atoms with E-state index in [-0.39, 0.29) is 13.1 Å². The van der Waals surface area contributed by atoms with Crippen LogP contribution in [0.2, 0.25) is 0 Å². The Morgan fingerprint density at radius 3 is 2.72 bits per heavy atom. The molecule has 3 heterocycles. The minimum Gasteiger partial charge on any atom is -0.364 e. The van der Waals surface area contributed by atoms with Gasteiger partial charge in [-0.1, -0.05) is 12.1 Å². The normalized spacial score (nSPS) is 11.0. The summed E-state index contributed by atoms with van der Waals surface area (Å²) >= 11 is 1.65. The minimum absolute atomic E-state index is 0.130. The fourth-order valence-corrected chi connectivity index (χ4v) is 3.50. The van der Waals surface area contributed by atoms with Crippen molar-refractivity contribution in [2.75, 3.05) is 11.9 Å². The first kappa shape index (κ1) is 18.9. The molecule has 1 amide bonds. The van der Waals surface area contributed by atoms with Gasteiger partial charge in [0.15, 0.2) is 5.65 Å². The Morgan fingerprint density at radius 1 is 1.14 bits per heavy atom. The zero-order valence-corrected chi connectivity index (χ0v) is 15.9. The predicted octanol–water partition coefficient (Wildman–Crippen LogP) is 3.21. The molecule has 3 aromatic heterocycles. The number of aromatic nitrogens is 4. The summed E-state index contributed by atoms with van der Waals surface area (Å²) in [7, 11) is 0. The SMILES string of the molecule is O=C(NCCn1ncc2c(NCc3cccs3)ncnc21)c1c(F)cccc1F. The molecule has 10 heteroatoms. The molecule has 4 aromatic rings. The van der Waals surface area contributed by atoms with E-state index in [9.17, 15) is 13.6 Å². The lowest BCUT2D eigenvalue weighted by Crippen LogP contribution is -2.29. The van der Waals surface area contributed by atoms with Gasteiger partial charge < -0.3 is 10.6 Å². The lowest BCUT2D eigenvalue weighted by Gasteiger charge is -2.08. The number of nitrogens with one attached hydrogen (secondary N) is 2. The molecule has 0 saturated carbocycles. The summed E-state index contributed by atoms with van der Waals surface area (Å²) in [5.41, 5.74) is 0.000197. The summed E-state index contributed by atoms with van der Waals surface area (Å²) in [4.78, 5) is 21.8. The number of carbonyl (C=O) groups is 1. The molecule has 1 aromatic carbocycles. The number of halogens is 2. The quantitative estimate of drug-likeness (QED) is 0.485. The van der Waals surface area contributed by atoms with Crippen molar-refractivity contribution < 1.29 is 13.6 Å². The highest BCUT2D eigenvalue weighted by atomic mass is 32.1. The van der Waals surface area contributed by atoms with Crippen molar-refractivity contribution in [3.63, 3.8) is 0 Å². The number of rotatable bonds is 7. The Hall–Kier alpha value is -3.40. The third-order valence-corrected chi connectivity index (χ3v) is 5.12. The molecule has 29 heavy (non-hydrogen) atoms. The Balaban J connectivity index is 1.42. The van der Waals surface area contributed by atoms with Gasteiger partial charge in [-0.2, -0.15) is 5.10 Å². The van der Waals surface area contributed by atoms with Crippen molar-refractivity contribution in [2.24, 2.45) is 0 Å². The van der Waals surface area contributed by atoms with Gasteiger partial charge in [0.25, 0.3) is 5.91 Å². The smallest absolute Gasteiger partial charge is 0.257 e. The van der Waals surface area contributed by atoms with Crippen molar-refractivity contribution in [1.82, 2.24) is 25.1 Å². The highest BCUT2D eigenvalue weighted by Crippen LogP contribution is 2.20. The van der Waals surface area contributed by atoms with E-state index >= 15 is 0 Å². The number of hydrogen-bond donors (Lipinski definition) is 2. The maximum absolute atomic E-state index is 13.7. The predicted molar refractivity (Wildman–Crippen MR) is 106 cm³/mol. The van der Waals surface area contributed by atoms with Crippen molar-refractivity contribution in [3.8, 4) is 0 Å². The second kappa shape index (κ2) is 8.31. The van der Waals surface area contributed by atoms with E-state index in [1.165, 1.54) is 17.3 Å². The minimum atomic E-state index is -0.902. The number of fused-ring (bicyclic) bond motifs is 1. The fourth-order valence-electron chi connectivity index (χ4n) is 2.86. The second-order valence-electron chi connectivity index (χ2n) is 6.11. The lowest BCUT2D eigenvalue weighted by atomic mass is 10.2. The van der Waals surface area contributed by atoms with Gasteiger partial charge in [0.2, 0.25) is 0 Å². The topological polar surface area (TPSA) is 84.7 Å². The summed E-state index contributed by atoms with van der Waals surface area (Å²) in [6.45, 7) is 1.05. The molecule has 0 unspecified atom stereocenters. The van der Waals surface area contributed by atoms with Crippen LogP contribution in [0.25, 0.3) is 11.0 Å². The number of anilines is 1. The zero-order chi connectivity index (χ0) is 20.2. The van der Waals surface area contributed by atoms with Crippen molar-refractivity contribution in [3.05, 3.63) is 70.3 Å². The Bertz CT molecular complexity index is 1120. The van der Waals surface area contributed by atoms with E-state index in [2.05, 4.69) is 25.7 Å². The Kier molecular flexibility index (Phi) is 5.43. The third-order valence-electron chi connectivity index (χ3n) is 4.24. The van der Waals surface area contributed by atoms with Crippen LogP contribution in [0.15, 0.2) is 48.2 Å². The molecule has 148 valence electrons. The molecule has 0 spiro atoms. The molecule has 0 aliphatic rings. The van der Waals surface area contributed by atoms with Crippen LogP contribution < -0.4 is 10.6 Å². The molecule has 7 nitrogen and oxygen atoms in total. The first-order chi connectivity index (χ1) is 14.1. The second-order valence-corrected chi connectivity index (χ2v) is 7.14. The molecule has 0 radical (unpaired) electrons. The first-order valence-corrected chi connectivity index (χ1v) is 9.66. The van der Waals surface area contributed by atoms with Crippen LogP contribution in [0.3, 0.4) is 0 Å². The van der Waals surface area contributed by atoms with E-state index in [0.717, 1.165) is 17.5 Å². The van der Waals surface area contributed by atoms with Gasteiger partial charge in [-0.15, -0.1) is 11.3 Å². The molecule has 4 rings (SSSR count). The third kappa shape index (κ3) is 4.06. The first-order valence-electron chi connectivity index (χ1n) is 8.78. The van der Waals surface area contributed by atoms with E-state index in [1.54, 1.807) is 22.2 Å². The molecule has 0 aliphatic carbocycles. The highest BCUT2D eigenvalue weighted by Gasteiger charge is 2.17. The summed E-state index contributed by atoms with van der Waals surface area (Å²) in [5.74, 6) is -1.96. The Labute approximate surface area is 168 Å². The van der Waals surface area contributed by atoms with Crippen LogP contribution in [0, 0.1) is 11.6 Å². The van der Waals surface area contributed by atoms with Crippen LogP contribution in [0.4, 0.5) is 14.6 Å². The van der Waals surface area contributed by atoms with Gasteiger partial charge in [-0.05, 0) is 23.6 Å². The number of benzene rings is 1. The summed E-state index contributed by atoms with van der Waals surface area (Å²) < 4.78 is 29.0. The van der Waals surface area contributed by atoms with Gasteiger partial charge >= 0.3 is 0 Å². The van der Waals surface area contributed by atoms with E-state index in [1.807, 2.05) is 17.5 Å². The molecular formula is C19H16F2N6OS. The standard InChI is InChI=1S/C19H16F2N6OS/c20-14-4-1-5-15(21)16(14)19(28)22-6-7-27-18-13(10-26-27)17(24-11-25-18)23-9-12-3-2-8-29-12/h1-5,8,10-11H,6-7,9H2,(H,22,28)(H,23,24,25). The van der Waals surface area contributed by atoms with Gasteiger partial charge in [-0.25, -0.2) is 23.4 Å². The van der Waals surface area contributed by atoms with Crippen molar-refractivity contribution in [1.29, 1.82) is 0 Å². The van der Waals surface area contributed by atoms with Crippen molar-refractivity contribution in [2.45, 2.75) is 13.1 Å². The molecule has 0 atom stereocenters. The number of carbonyl (C=O) groups excluding carboxylic acids is 1. The van der Waals surface area contributed by atoms with E-state index in [4.69, 9.17) is 0 Å². The maximum Gasteiger partial charge on any atom is 0.257 e. The molecule has 2 N–H and O–H groups in total. The fraction of sp³-hybridized carbons (Fsp3) is 0.158. The largest absolute Gasteiger partial charge is 0.364 e. The van der Waals surface area contributed by atoms with Crippen LogP contribution in [-0.2, 0) is 13.1 Å². The van der Waals surface area contributed by atoms with Crippen LogP contribution >= 0.6 is 11.3 Å². The number of nitrogens with zero attached hydrogens (tertiary/aromatic N) is 4. The average Bonchev–Trinajstić information content (AvgIpc) is 3.36. The monoisotopic (exact) mass is 414 g/mol. The zero-order valence-electron chi connectivity index (χ0n) is 15.1. The van der Waals surface area contributed by atoms with Gasteiger partial charge in [0, 0.05) is 11.4 Å².